The highest BCUT2D eigenvalue weighted by atomic mass is 79.9. The molecule has 18 heavy (non-hydrogen) atoms. The summed E-state index contributed by atoms with van der Waals surface area (Å²) in [6, 6.07) is 4.42. The van der Waals surface area contributed by atoms with E-state index in [0.717, 1.165) is 4.47 Å². The molecule has 0 spiro atoms. The van der Waals surface area contributed by atoms with E-state index in [9.17, 15) is 4.39 Å². The topological polar surface area (TPSA) is 38.0 Å². The molecule has 0 radical (unpaired) electrons. The Balaban J connectivity index is 2.67. The van der Waals surface area contributed by atoms with Crippen molar-refractivity contribution in [2.24, 2.45) is 5.73 Å². The average Bonchev–Trinajstić information content (AvgIpc) is 2.33. The molecule has 1 aromatic rings. The Morgan fingerprint density at radius 2 is 2.28 bits per heavy atom. The van der Waals surface area contributed by atoms with Crippen LogP contribution in [0.15, 0.2) is 45.0 Å². The summed E-state index contributed by atoms with van der Waals surface area (Å²) >= 11 is 6.57. The third-order valence-electron chi connectivity index (χ3n) is 2.03. The van der Waals surface area contributed by atoms with Crippen LogP contribution >= 0.6 is 31.9 Å². The molecule has 0 aliphatic heterocycles. The lowest BCUT2D eigenvalue weighted by molar-refractivity contribution is 0.628. The molecular formula is C13H11Br2FN2. The van der Waals surface area contributed by atoms with Crippen LogP contribution in [0.5, 0.6) is 0 Å². The monoisotopic (exact) mass is 372 g/mol. The van der Waals surface area contributed by atoms with Crippen molar-refractivity contribution in [3.8, 4) is 12.3 Å². The van der Waals surface area contributed by atoms with E-state index in [0.29, 0.717) is 22.4 Å². The highest BCUT2D eigenvalue weighted by Crippen LogP contribution is 2.22. The van der Waals surface area contributed by atoms with Crippen molar-refractivity contribution in [3.63, 3.8) is 0 Å². The van der Waals surface area contributed by atoms with Gasteiger partial charge in [-0.1, -0.05) is 5.92 Å². The van der Waals surface area contributed by atoms with E-state index in [-0.39, 0.29) is 5.82 Å². The number of anilines is 1. The summed E-state index contributed by atoms with van der Waals surface area (Å²) in [7, 11) is 0. The number of benzene rings is 1. The molecule has 2 nitrogen and oxygen atoms in total. The van der Waals surface area contributed by atoms with Gasteiger partial charge in [-0.25, -0.2) is 4.39 Å². The van der Waals surface area contributed by atoms with Gasteiger partial charge in [0, 0.05) is 27.3 Å². The van der Waals surface area contributed by atoms with Gasteiger partial charge >= 0.3 is 0 Å². The molecule has 0 amide bonds. The molecule has 0 aliphatic carbocycles. The van der Waals surface area contributed by atoms with E-state index in [1.807, 2.05) is 0 Å². The zero-order valence-corrected chi connectivity index (χ0v) is 12.6. The van der Waals surface area contributed by atoms with Crippen molar-refractivity contribution < 1.29 is 4.39 Å². The van der Waals surface area contributed by atoms with Gasteiger partial charge in [-0.15, -0.1) is 6.42 Å². The molecule has 5 heteroatoms. The molecule has 0 heterocycles. The number of rotatable bonds is 4. The maximum absolute atomic E-state index is 13.0. The van der Waals surface area contributed by atoms with E-state index in [1.165, 1.54) is 18.2 Å². The predicted octanol–water partition coefficient (Wildman–Crippen LogP) is 3.75. The first-order valence-electron chi connectivity index (χ1n) is 5.01. The van der Waals surface area contributed by atoms with Gasteiger partial charge in [0.15, 0.2) is 0 Å². The molecule has 1 aromatic carbocycles. The van der Waals surface area contributed by atoms with E-state index in [4.69, 9.17) is 12.2 Å². The van der Waals surface area contributed by atoms with Crippen molar-refractivity contribution >= 4 is 37.5 Å². The lowest BCUT2D eigenvalue weighted by Gasteiger charge is -2.07. The molecule has 0 aliphatic rings. The van der Waals surface area contributed by atoms with Gasteiger partial charge in [0.1, 0.15) is 5.82 Å². The normalized spacial score (nSPS) is 12.1. The van der Waals surface area contributed by atoms with Crippen molar-refractivity contribution in [1.82, 2.24) is 0 Å². The number of nitrogens with two attached hydrogens (primary N) is 1. The molecular weight excluding hydrogens is 363 g/mol. The molecule has 0 saturated carbocycles. The Morgan fingerprint density at radius 1 is 1.56 bits per heavy atom. The Morgan fingerprint density at radius 3 is 2.94 bits per heavy atom. The van der Waals surface area contributed by atoms with E-state index < -0.39 is 0 Å². The third kappa shape index (κ3) is 4.55. The maximum Gasteiger partial charge on any atom is 0.125 e. The second-order valence-electron chi connectivity index (χ2n) is 3.32. The van der Waals surface area contributed by atoms with E-state index in [2.05, 4.69) is 43.1 Å². The summed E-state index contributed by atoms with van der Waals surface area (Å²) in [5.74, 6) is 2.07. The largest absolute Gasteiger partial charge is 0.398 e. The van der Waals surface area contributed by atoms with Crippen molar-refractivity contribution in [2.75, 3.05) is 11.9 Å². The molecule has 3 N–H and O–H groups in total. The lowest BCUT2D eigenvalue weighted by atomic mass is 10.3. The van der Waals surface area contributed by atoms with Crippen molar-refractivity contribution in [1.29, 1.82) is 0 Å². The van der Waals surface area contributed by atoms with E-state index >= 15 is 0 Å². The molecule has 0 atom stereocenters. The minimum atomic E-state index is -0.300. The van der Waals surface area contributed by atoms with Crippen LogP contribution in [0.4, 0.5) is 10.1 Å². The number of allylic oxidation sites excluding steroid dienone is 2. The second kappa shape index (κ2) is 7.24. The minimum absolute atomic E-state index is 0.300. The third-order valence-corrected chi connectivity index (χ3v) is 3.41. The van der Waals surface area contributed by atoms with Crippen LogP contribution in [-0.2, 0) is 0 Å². The number of hydrogen-bond acceptors (Lipinski definition) is 2. The number of halogens is 3. The molecule has 1 rings (SSSR count). The fraction of sp³-hybridized carbons (Fsp3) is 0.0769. The first-order valence-corrected chi connectivity index (χ1v) is 6.60. The second-order valence-corrected chi connectivity index (χ2v) is 5.03. The van der Waals surface area contributed by atoms with Crippen LogP contribution in [0, 0.1) is 18.2 Å². The van der Waals surface area contributed by atoms with Crippen LogP contribution in [0.25, 0.3) is 0 Å². The van der Waals surface area contributed by atoms with Gasteiger partial charge < -0.3 is 11.1 Å². The van der Waals surface area contributed by atoms with Gasteiger partial charge in [0.2, 0.25) is 0 Å². The summed E-state index contributed by atoms with van der Waals surface area (Å²) in [4.78, 5) is 0. The van der Waals surface area contributed by atoms with Crippen molar-refractivity contribution in [3.05, 3.63) is 50.8 Å². The van der Waals surface area contributed by atoms with Crippen LogP contribution in [0.2, 0.25) is 0 Å². The molecule has 0 unspecified atom stereocenters. The highest BCUT2D eigenvalue weighted by molar-refractivity contribution is 9.12. The van der Waals surface area contributed by atoms with Crippen LogP contribution in [0.3, 0.4) is 0 Å². The van der Waals surface area contributed by atoms with E-state index in [1.54, 1.807) is 12.1 Å². The van der Waals surface area contributed by atoms with Crippen LogP contribution in [-0.4, -0.2) is 6.54 Å². The summed E-state index contributed by atoms with van der Waals surface area (Å²) in [6.45, 7) is 0.460. The summed E-state index contributed by atoms with van der Waals surface area (Å²) < 4.78 is 14.5. The summed E-state index contributed by atoms with van der Waals surface area (Å²) in [6.07, 6.45) is 8.38. The molecule has 94 valence electrons. The van der Waals surface area contributed by atoms with Crippen molar-refractivity contribution in [2.45, 2.75) is 0 Å². The fourth-order valence-electron chi connectivity index (χ4n) is 1.16. The summed E-state index contributed by atoms with van der Waals surface area (Å²) in [5.41, 5.74) is 6.94. The molecule has 0 bridgehead atoms. The van der Waals surface area contributed by atoms with Crippen LogP contribution in [0.1, 0.15) is 0 Å². The maximum atomic E-state index is 13.0. The first-order chi connectivity index (χ1) is 8.54. The smallest absolute Gasteiger partial charge is 0.125 e. The Kier molecular flexibility index (Phi) is 5.96. The number of hydrogen-bond donors (Lipinski definition) is 2. The van der Waals surface area contributed by atoms with Gasteiger partial charge in [0.25, 0.3) is 0 Å². The minimum Gasteiger partial charge on any atom is -0.398 e. The zero-order chi connectivity index (χ0) is 13.5. The number of nitrogens with one attached hydrogen (secondary N) is 1. The van der Waals surface area contributed by atoms with Crippen LogP contribution < -0.4 is 11.1 Å². The van der Waals surface area contributed by atoms with Gasteiger partial charge in [0.05, 0.1) is 5.69 Å². The Hall–Kier alpha value is -1.25. The summed E-state index contributed by atoms with van der Waals surface area (Å²) in [5, 5.41) is 3.04. The quantitative estimate of drug-likeness (QED) is 0.623. The molecule has 0 aromatic heterocycles. The fourth-order valence-corrected chi connectivity index (χ4v) is 1.84. The molecule has 0 fully saturated rings. The van der Waals surface area contributed by atoms with Gasteiger partial charge in [-0.2, -0.15) is 0 Å². The van der Waals surface area contributed by atoms with Gasteiger partial charge in [-0.3, -0.25) is 0 Å². The zero-order valence-electron chi connectivity index (χ0n) is 9.38. The van der Waals surface area contributed by atoms with Gasteiger partial charge in [-0.05, 0) is 56.1 Å². The first kappa shape index (κ1) is 14.8. The lowest BCUT2D eigenvalue weighted by Crippen LogP contribution is -2.04. The predicted molar refractivity (Wildman–Crippen MR) is 80.7 cm³/mol. The molecule has 0 saturated heterocycles. The SMILES string of the molecule is C#C/C=C(Br)\C(N)=C/CNc1cc(F)ccc1Br. The average molecular weight is 374 g/mol. The standard InChI is InChI=1S/C13H11Br2FN2/c1-2-3-10(14)12(17)6-7-18-13-8-9(16)4-5-11(13)15/h1,3-6,8,18H,7,17H2/b10-3+,12-6+. The highest BCUT2D eigenvalue weighted by Gasteiger charge is 2.00. The Bertz CT molecular complexity index is 530. The Labute approximate surface area is 122 Å². The number of terminal acetylenes is 1.